The number of anilines is 1. The van der Waals surface area contributed by atoms with Gasteiger partial charge in [0.05, 0.1) is 16.6 Å². The first-order chi connectivity index (χ1) is 16.4. The molecule has 6 heteroatoms. The Morgan fingerprint density at radius 3 is 2.47 bits per heavy atom. The maximum Gasteiger partial charge on any atom is 0.269 e. The summed E-state index contributed by atoms with van der Waals surface area (Å²) in [4.78, 5) is 17.9. The van der Waals surface area contributed by atoms with E-state index >= 15 is 0 Å². The number of hydrogen-bond donors (Lipinski definition) is 0. The van der Waals surface area contributed by atoms with Crippen LogP contribution in [-0.4, -0.2) is 16.9 Å². The molecule has 0 aliphatic carbocycles. The lowest BCUT2D eigenvalue weighted by Gasteiger charge is -2.46. The predicted molar refractivity (Wildman–Crippen MR) is 134 cm³/mol. The zero-order chi connectivity index (χ0) is 23.5. The molecule has 1 unspecified atom stereocenters. The van der Waals surface area contributed by atoms with Crippen LogP contribution < -0.4 is 9.64 Å². The number of nitrogens with zero attached hydrogens (tertiary/aromatic N) is 3. The number of ether oxygens (including phenoxy) is 1. The highest BCUT2D eigenvalue weighted by molar-refractivity contribution is 5.99. The smallest absolute Gasteiger partial charge is 0.269 e. The molecule has 0 radical (unpaired) electrons. The van der Waals surface area contributed by atoms with E-state index in [4.69, 9.17) is 9.73 Å². The van der Waals surface area contributed by atoms with E-state index in [0.29, 0.717) is 6.54 Å². The molecule has 4 aromatic carbocycles. The third kappa shape index (κ3) is 2.78. The maximum absolute atomic E-state index is 11.1. The molecule has 0 saturated carbocycles. The van der Waals surface area contributed by atoms with Crippen LogP contribution in [0.5, 0.6) is 5.75 Å². The molecular weight excluding hydrogens is 426 g/mol. The molecular formula is C28H23N3O3. The monoisotopic (exact) mass is 449 g/mol. The van der Waals surface area contributed by atoms with Crippen molar-refractivity contribution in [2.24, 2.45) is 4.99 Å². The van der Waals surface area contributed by atoms with Gasteiger partial charge in [0.25, 0.3) is 5.69 Å². The standard InChI is InChI=1S/C28H23N3O3/c1-27(2)23-9-5-6-10-24(23)30(17-19-11-14-21(15-12-19)31(32)33)28(27)18-29-26-22-8-4-3-7-20(22)13-16-25(26)34-28/h3-16,18H,17H2,1-2H3. The van der Waals surface area contributed by atoms with E-state index in [1.54, 1.807) is 24.3 Å². The van der Waals surface area contributed by atoms with Gasteiger partial charge in [-0.25, -0.2) is 0 Å². The number of non-ortho nitro benzene ring substituents is 1. The van der Waals surface area contributed by atoms with Gasteiger partial charge in [0.2, 0.25) is 5.72 Å². The van der Waals surface area contributed by atoms with Crippen LogP contribution in [0.2, 0.25) is 0 Å². The van der Waals surface area contributed by atoms with E-state index in [0.717, 1.165) is 33.5 Å². The molecule has 1 spiro atoms. The van der Waals surface area contributed by atoms with E-state index in [1.807, 2.05) is 36.5 Å². The summed E-state index contributed by atoms with van der Waals surface area (Å²) < 4.78 is 6.90. The highest BCUT2D eigenvalue weighted by Gasteiger charge is 2.59. The lowest BCUT2D eigenvalue weighted by molar-refractivity contribution is -0.384. The van der Waals surface area contributed by atoms with Gasteiger partial charge in [0, 0.05) is 29.8 Å². The van der Waals surface area contributed by atoms with Gasteiger partial charge in [0.1, 0.15) is 11.4 Å². The third-order valence-electron chi connectivity index (χ3n) is 7.15. The largest absolute Gasteiger partial charge is 0.459 e. The Morgan fingerprint density at radius 1 is 0.941 bits per heavy atom. The Morgan fingerprint density at radius 2 is 1.68 bits per heavy atom. The Bertz CT molecular complexity index is 1480. The summed E-state index contributed by atoms with van der Waals surface area (Å²) in [7, 11) is 0. The third-order valence-corrected chi connectivity index (χ3v) is 7.15. The second kappa shape index (κ2) is 7.15. The van der Waals surface area contributed by atoms with E-state index in [1.165, 1.54) is 5.56 Å². The second-order valence-corrected chi connectivity index (χ2v) is 9.34. The van der Waals surface area contributed by atoms with Crippen LogP contribution >= 0.6 is 0 Å². The summed E-state index contributed by atoms with van der Waals surface area (Å²) in [6, 6.07) is 27.3. The van der Waals surface area contributed by atoms with Crippen LogP contribution in [0.4, 0.5) is 17.1 Å². The van der Waals surface area contributed by atoms with E-state index in [2.05, 4.69) is 49.1 Å². The topological polar surface area (TPSA) is 68.0 Å². The summed E-state index contributed by atoms with van der Waals surface area (Å²) in [6.45, 7) is 4.88. The SMILES string of the molecule is CC1(C)c2ccccc2N(Cc2ccc([N+](=O)[O-])cc2)C12C=Nc1c(ccc3ccccc13)O2. The summed E-state index contributed by atoms with van der Waals surface area (Å²) in [5.74, 6) is 0.746. The minimum absolute atomic E-state index is 0.0805. The van der Waals surface area contributed by atoms with Crippen molar-refractivity contribution in [2.75, 3.05) is 4.90 Å². The fraction of sp³-hybridized carbons (Fsp3) is 0.179. The fourth-order valence-corrected chi connectivity index (χ4v) is 5.27. The van der Waals surface area contributed by atoms with Gasteiger partial charge >= 0.3 is 0 Å². The highest BCUT2D eigenvalue weighted by Crippen LogP contribution is 2.55. The summed E-state index contributed by atoms with van der Waals surface area (Å²) in [5.41, 5.74) is 2.86. The molecule has 6 nitrogen and oxygen atoms in total. The molecule has 4 aromatic rings. The van der Waals surface area contributed by atoms with Gasteiger partial charge in [-0.3, -0.25) is 15.1 Å². The Kier molecular flexibility index (Phi) is 4.30. The number of nitro groups is 1. The van der Waals surface area contributed by atoms with Gasteiger partial charge in [-0.15, -0.1) is 0 Å². The molecule has 1 atom stereocenters. The Labute approximate surface area is 197 Å². The molecule has 0 amide bonds. The molecule has 2 aliphatic rings. The molecule has 0 aromatic heterocycles. The second-order valence-electron chi connectivity index (χ2n) is 9.34. The molecule has 2 aliphatic heterocycles. The maximum atomic E-state index is 11.1. The number of aliphatic imine (C=N–C) groups is 1. The van der Waals surface area contributed by atoms with Crippen molar-refractivity contribution < 1.29 is 9.66 Å². The molecule has 168 valence electrons. The highest BCUT2D eigenvalue weighted by atomic mass is 16.6. The average molecular weight is 450 g/mol. The quantitative estimate of drug-likeness (QED) is 0.263. The van der Waals surface area contributed by atoms with Crippen molar-refractivity contribution in [1.82, 2.24) is 0 Å². The van der Waals surface area contributed by atoms with Crippen molar-refractivity contribution in [2.45, 2.75) is 31.5 Å². The Balaban J connectivity index is 1.49. The van der Waals surface area contributed by atoms with Gasteiger partial charge in [-0.2, -0.15) is 0 Å². The molecule has 0 fully saturated rings. The summed E-state index contributed by atoms with van der Waals surface area (Å²) in [5, 5.41) is 13.3. The van der Waals surface area contributed by atoms with E-state index < -0.39 is 11.1 Å². The molecule has 6 rings (SSSR count). The van der Waals surface area contributed by atoms with Gasteiger partial charge in [-0.1, -0.05) is 60.7 Å². The first kappa shape index (κ1) is 20.4. The first-order valence-electron chi connectivity index (χ1n) is 11.3. The fourth-order valence-electron chi connectivity index (χ4n) is 5.27. The molecule has 0 saturated heterocycles. The van der Waals surface area contributed by atoms with E-state index in [9.17, 15) is 10.1 Å². The van der Waals surface area contributed by atoms with E-state index in [-0.39, 0.29) is 10.6 Å². The zero-order valence-electron chi connectivity index (χ0n) is 18.9. The number of rotatable bonds is 3. The van der Waals surface area contributed by atoms with Gasteiger partial charge in [0.15, 0.2) is 0 Å². The average Bonchev–Trinajstić information content (AvgIpc) is 3.03. The van der Waals surface area contributed by atoms with Crippen molar-refractivity contribution in [3.05, 3.63) is 106 Å². The minimum Gasteiger partial charge on any atom is -0.459 e. The lowest BCUT2D eigenvalue weighted by Crippen LogP contribution is -2.61. The predicted octanol–water partition coefficient (Wildman–Crippen LogP) is 6.54. The van der Waals surface area contributed by atoms with Crippen LogP contribution in [0.3, 0.4) is 0 Å². The summed E-state index contributed by atoms with van der Waals surface area (Å²) in [6.07, 6.45) is 1.94. The van der Waals surface area contributed by atoms with Crippen molar-refractivity contribution in [3.63, 3.8) is 0 Å². The molecule has 0 bridgehead atoms. The first-order valence-corrected chi connectivity index (χ1v) is 11.3. The zero-order valence-corrected chi connectivity index (χ0v) is 18.9. The number of fused-ring (bicyclic) bond motifs is 4. The minimum atomic E-state index is -0.853. The van der Waals surface area contributed by atoms with Crippen LogP contribution in [-0.2, 0) is 12.0 Å². The van der Waals surface area contributed by atoms with Crippen LogP contribution in [0.15, 0.2) is 89.9 Å². The van der Waals surface area contributed by atoms with Gasteiger partial charge in [-0.05, 0) is 42.5 Å². The molecule has 2 heterocycles. The van der Waals surface area contributed by atoms with Gasteiger partial charge < -0.3 is 9.64 Å². The van der Waals surface area contributed by atoms with Crippen LogP contribution in [0, 0.1) is 10.1 Å². The van der Waals surface area contributed by atoms with Crippen molar-refractivity contribution >= 4 is 34.0 Å². The number of nitro benzene ring substituents is 1. The normalized spacial score (nSPS) is 19.6. The molecule has 0 N–H and O–H groups in total. The van der Waals surface area contributed by atoms with Crippen molar-refractivity contribution in [1.29, 1.82) is 0 Å². The molecule has 34 heavy (non-hydrogen) atoms. The van der Waals surface area contributed by atoms with Crippen LogP contribution in [0.1, 0.15) is 25.0 Å². The van der Waals surface area contributed by atoms with Crippen LogP contribution in [0.25, 0.3) is 10.8 Å². The van der Waals surface area contributed by atoms with Crippen molar-refractivity contribution in [3.8, 4) is 5.75 Å². The lowest BCUT2D eigenvalue weighted by atomic mass is 9.77. The number of para-hydroxylation sites is 1. The summed E-state index contributed by atoms with van der Waals surface area (Å²) >= 11 is 0. The Hall–Kier alpha value is -4.19. The number of hydrogen-bond acceptors (Lipinski definition) is 5. The number of benzene rings is 4.